The maximum atomic E-state index is 5.29. The zero-order valence-electron chi connectivity index (χ0n) is 9.79. The molecule has 2 aromatic carbocycles. The Balaban J connectivity index is 2.81. The van der Waals surface area contributed by atoms with E-state index in [9.17, 15) is 0 Å². The fraction of sp³-hybridized carbons (Fsp3) is 0.200. The van der Waals surface area contributed by atoms with E-state index >= 15 is 0 Å². The molecule has 0 fully saturated rings. The quantitative estimate of drug-likeness (QED) is 0.748. The number of ether oxygens (including phenoxy) is 1. The molecular formula is C15H16O. The van der Waals surface area contributed by atoms with Gasteiger partial charge in [0.2, 0.25) is 0 Å². The average Bonchev–Trinajstić information content (AvgIpc) is 2.29. The van der Waals surface area contributed by atoms with Crippen LogP contribution in [0, 0.1) is 6.92 Å². The van der Waals surface area contributed by atoms with Gasteiger partial charge in [-0.15, -0.1) is 0 Å². The summed E-state index contributed by atoms with van der Waals surface area (Å²) >= 11 is 0. The smallest absolute Gasteiger partial charge is 0.0725 e. The maximum absolute atomic E-state index is 5.29. The highest BCUT2D eigenvalue weighted by molar-refractivity contribution is 5.89. The van der Waals surface area contributed by atoms with Gasteiger partial charge in [-0.05, 0) is 34.4 Å². The summed E-state index contributed by atoms with van der Waals surface area (Å²) in [7, 11) is 1.73. The van der Waals surface area contributed by atoms with Gasteiger partial charge in [-0.25, -0.2) is 0 Å². The Morgan fingerprint density at radius 1 is 1.31 bits per heavy atom. The van der Waals surface area contributed by atoms with E-state index in [1.807, 2.05) is 6.08 Å². The zero-order valence-corrected chi connectivity index (χ0v) is 9.79. The van der Waals surface area contributed by atoms with Crippen molar-refractivity contribution >= 4 is 16.8 Å². The summed E-state index contributed by atoms with van der Waals surface area (Å²) in [6, 6.07) is 10.6. The first kappa shape index (κ1) is 10.9. The molecule has 0 amide bonds. The highest BCUT2D eigenvalue weighted by atomic mass is 16.5. The molecule has 0 atom stereocenters. The molecule has 2 rings (SSSR count). The van der Waals surface area contributed by atoms with Crippen LogP contribution in [0.15, 0.2) is 36.9 Å². The van der Waals surface area contributed by atoms with Crippen LogP contribution >= 0.6 is 0 Å². The van der Waals surface area contributed by atoms with Crippen LogP contribution < -0.4 is 0 Å². The molecule has 0 radical (unpaired) electrons. The molecule has 0 saturated carbocycles. The SMILES string of the molecule is C=Cc1c(C)cc2ccccc2c1COC. The van der Waals surface area contributed by atoms with Crippen molar-refractivity contribution in [2.75, 3.05) is 7.11 Å². The van der Waals surface area contributed by atoms with E-state index < -0.39 is 0 Å². The van der Waals surface area contributed by atoms with Gasteiger partial charge in [-0.3, -0.25) is 0 Å². The van der Waals surface area contributed by atoms with Gasteiger partial charge in [0.25, 0.3) is 0 Å². The summed E-state index contributed by atoms with van der Waals surface area (Å²) in [5.74, 6) is 0. The van der Waals surface area contributed by atoms with Gasteiger partial charge >= 0.3 is 0 Å². The third kappa shape index (κ3) is 1.74. The lowest BCUT2D eigenvalue weighted by molar-refractivity contribution is 0.186. The Labute approximate surface area is 96.4 Å². The minimum Gasteiger partial charge on any atom is -0.380 e. The summed E-state index contributed by atoms with van der Waals surface area (Å²) in [5.41, 5.74) is 3.68. The third-order valence-electron chi connectivity index (χ3n) is 2.90. The van der Waals surface area contributed by atoms with Crippen LogP contribution in [0.2, 0.25) is 0 Å². The number of hydrogen-bond donors (Lipinski definition) is 0. The van der Waals surface area contributed by atoms with E-state index in [-0.39, 0.29) is 0 Å². The standard InChI is InChI=1S/C15H16O/c1-4-13-11(2)9-12-7-5-6-8-14(12)15(13)10-16-3/h4-9H,1,10H2,2-3H3. The average molecular weight is 212 g/mol. The lowest BCUT2D eigenvalue weighted by Gasteiger charge is -2.12. The fourth-order valence-corrected chi connectivity index (χ4v) is 2.18. The van der Waals surface area contributed by atoms with Gasteiger partial charge in [-0.1, -0.05) is 43.0 Å². The Kier molecular flexibility index (Phi) is 3.07. The van der Waals surface area contributed by atoms with Crippen molar-refractivity contribution in [2.24, 2.45) is 0 Å². The molecule has 16 heavy (non-hydrogen) atoms. The molecule has 1 heteroatoms. The van der Waals surface area contributed by atoms with Gasteiger partial charge in [-0.2, -0.15) is 0 Å². The number of hydrogen-bond acceptors (Lipinski definition) is 1. The molecule has 0 spiro atoms. The maximum Gasteiger partial charge on any atom is 0.0725 e. The Hall–Kier alpha value is -1.60. The zero-order chi connectivity index (χ0) is 11.5. The summed E-state index contributed by atoms with van der Waals surface area (Å²) in [5, 5.41) is 2.52. The Bertz CT molecular complexity index is 526. The van der Waals surface area contributed by atoms with E-state index in [4.69, 9.17) is 4.74 Å². The number of fused-ring (bicyclic) bond motifs is 1. The topological polar surface area (TPSA) is 9.23 Å². The van der Waals surface area contributed by atoms with E-state index in [0.717, 1.165) is 0 Å². The van der Waals surface area contributed by atoms with Gasteiger partial charge in [0.15, 0.2) is 0 Å². The van der Waals surface area contributed by atoms with Gasteiger partial charge in [0, 0.05) is 7.11 Å². The minimum atomic E-state index is 0.629. The summed E-state index contributed by atoms with van der Waals surface area (Å²) in [4.78, 5) is 0. The monoisotopic (exact) mass is 212 g/mol. The van der Waals surface area contributed by atoms with Gasteiger partial charge in [0.05, 0.1) is 6.61 Å². The second-order valence-electron chi connectivity index (χ2n) is 3.94. The molecule has 0 aromatic heterocycles. The van der Waals surface area contributed by atoms with Crippen molar-refractivity contribution in [1.82, 2.24) is 0 Å². The molecule has 0 saturated heterocycles. The molecule has 0 aliphatic carbocycles. The largest absolute Gasteiger partial charge is 0.380 e. The molecule has 0 aliphatic rings. The number of benzene rings is 2. The lowest BCUT2D eigenvalue weighted by atomic mass is 9.95. The first-order chi connectivity index (χ1) is 7.77. The number of aryl methyl sites for hydroxylation is 1. The molecule has 0 bridgehead atoms. The summed E-state index contributed by atoms with van der Waals surface area (Å²) < 4.78 is 5.29. The minimum absolute atomic E-state index is 0.629. The lowest BCUT2D eigenvalue weighted by Crippen LogP contribution is -1.96. The predicted molar refractivity (Wildman–Crippen MR) is 69.5 cm³/mol. The first-order valence-electron chi connectivity index (χ1n) is 5.40. The Morgan fingerprint density at radius 3 is 2.75 bits per heavy atom. The van der Waals surface area contributed by atoms with Crippen molar-refractivity contribution in [2.45, 2.75) is 13.5 Å². The molecule has 0 unspecified atom stereocenters. The second kappa shape index (κ2) is 4.50. The van der Waals surface area contributed by atoms with E-state index in [2.05, 4.69) is 43.8 Å². The number of methoxy groups -OCH3 is 1. The van der Waals surface area contributed by atoms with Crippen molar-refractivity contribution in [1.29, 1.82) is 0 Å². The van der Waals surface area contributed by atoms with E-state index in [1.54, 1.807) is 7.11 Å². The molecule has 1 nitrogen and oxygen atoms in total. The van der Waals surface area contributed by atoms with E-state index in [1.165, 1.54) is 27.5 Å². The van der Waals surface area contributed by atoms with Gasteiger partial charge in [0.1, 0.15) is 0 Å². The van der Waals surface area contributed by atoms with Crippen molar-refractivity contribution in [3.05, 3.63) is 53.6 Å². The summed E-state index contributed by atoms with van der Waals surface area (Å²) in [6.07, 6.45) is 1.91. The second-order valence-corrected chi connectivity index (χ2v) is 3.94. The number of rotatable bonds is 3. The molecule has 82 valence electrons. The van der Waals surface area contributed by atoms with Crippen LogP contribution in [0.4, 0.5) is 0 Å². The van der Waals surface area contributed by atoms with Crippen molar-refractivity contribution in [3.8, 4) is 0 Å². The van der Waals surface area contributed by atoms with Crippen LogP contribution in [0.5, 0.6) is 0 Å². The Morgan fingerprint density at radius 2 is 2.06 bits per heavy atom. The van der Waals surface area contributed by atoms with Crippen molar-refractivity contribution in [3.63, 3.8) is 0 Å². The molecular weight excluding hydrogens is 196 g/mol. The summed E-state index contributed by atoms with van der Waals surface area (Å²) in [6.45, 7) is 6.63. The van der Waals surface area contributed by atoms with Gasteiger partial charge < -0.3 is 4.74 Å². The predicted octanol–water partition coefficient (Wildman–Crippen LogP) is 3.94. The first-order valence-corrected chi connectivity index (χ1v) is 5.40. The van der Waals surface area contributed by atoms with Crippen molar-refractivity contribution < 1.29 is 4.74 Å². The molecule has 0 aliphatic heterocycles. The highest BCUT2D eigenvalue weighted by Gasteiger charge is 2.07. The van der Waals surface area contributed by atoms with Crippen LogP contribution in [0.3, 0.4) is 0 Å². The van der Waals surface area contributed by atoms with Crippen LogP contribution in [-0.4, -0.2) is 7.11 Å². The van der Waals surface area contributed by atoms with Crippen LogP contribution in [0.25, 0.3) is 16.8 Å². The fourth-order valence-electron chi connectivity index (χ4n) is 2.18. The third-order valence-corrected chi connectivity index (χ3v) is 2.90. The molecule has 2 aromatic rings. The normalized spacial score (nSPS) is 10.6. The van der Waals surface area contributed by atoms with E-state index in [0.29, 0.717) is 6.61 Å². The van der Waals surface area contributed by atoms with Crippen LogP contribution in [0.1, 0.15) is 16.7 Å². The highest BCUT2D eigenvalue weighted by Crippen LogP contribution is 2.27. The molecule has 0 heterocycles. The molecule has 0 N–H and O–H groups in total. The van der Waals surface area contributed by atoms with Crippen LogP contribution in [-0.2, 0) is 11.3 Å².